The molecular weight excluding hydrogens is 264 g/mol. The van der Waals surface area contributed by atoms with Crippen molar-refractivity contribution in [1.29, 1.82) is 0 Å². The molecule has 1 aromatic heterocycles. The number of hydrogen-bond donors (Lipinski definition) is 1. The first kappa shape index (κ1) is 12.2. The van der Waals surface area contributed by atoms with Crippen molar-refractivity contribution in [3.05, 3.63) is 46.0 Å². The van der Waals surface area contributed by atoms with Crippen LogP contribution in [0.25, 0.3) is 0 Å². The molecule has 0 aliphatic heterocycles. The average molecular weight is 274 g/mol. The summed E-state index contributed by atoms with van der Waals surface area (Å²) < 4.78 is 14.7. The average Bonchev–Trinajstić information content (AvgIpc) is 2.62. The van der Waals surface area contributed by atoms with Gasteiger partial charge >= 0.3 is 0 Å². The summed E-state index contributed by atoms with van der Waals surface area (Å²) >= 11 is 11.8. The Balaban J connectivity index is 2.14. The van der Waals surface area contributed by atoms with Crippen LogP contribution in [0.5, 0.6) is 0 Å². The lowest BCUT2D eigenvalue weighted by Gasteiger charge is -2.09. The van der Waals surface area contributed by atoms with Crippen LogP contribution in [0.1, 0.15) is 5.69 Å². The number of halogens is 3. The lowest BCUT2D eigenvalue weighted by atomic mass is 10.3. The number of nitrogens with zero attached hydrogens (tertiary/aromatic N) is 2. The molecule has 0 spiro atoms. The number of benzene rings is 1. The zero-order valence-electron chi connectivity index (χ0n) is 9.04. The van der Waals surface area contributed by atoms with E-state index in [4.69, 9.17) is 23.2 Å². The maximum Gasteiger partial charge on any atom is 0.126 e. The number of aromatic nitrogens is 2. The van der Waals surface area contributed by atoms with E-state index in [1.165, 1.54) is 12.1 Å². The van der Waals surface area contributed by atoms with Gasteiger partial charge in [-0.15, -0.1) is 0 Å². The normalized spacial score (nSPS) is 10.6. The molecule has 0 fully saturated rings. The van der Waals surface area contributed by atoms with Crippen molar-refractivity contribution in [1.82, 2.24) is 9.78 Å². The van der Waals surface area contributed by atoms with E-state index in [1.54, 1.807) is 4.68 Å². The Hall–Kier alpha value is -1.26. The van der Waals surface area contributed by atoms with Gasteiger partial charge in [-0.2, -0.15) is 5.10 Å². The van der Waals surface area contributed by atoms with Crippen molar-refractivity contribution in [2.24, 2.45) is 7.05 Å². The topological polar surface area (TPSA) is 29.9 Å². The number of nitrogens with one attached hydrogen (secondary N) is 1. The summed E-state index contributed by atoms with van der Waals surface area (Å²) in [7, 11) is 1.83. The molecule has 0 saturated heterocycles. The van der Waals surface area contributed by atoms with Crippen LogP contribution in [0.15, 0.2) is 24.4 Å². The minimum atomic E-state index is -0.455. The molecular formula is C11H10Cl2FN3. The van der Waals surface area contributed by atoms with Crippen LogP contribution in [0, 0.1) is 5.82 Å². The smallest absolute Gasteiger partial charge is 0.126 e. The molecule has 2 aromatic rings. The van der Waals surface area contributed by atoms with Crippen molar-refractivity contribution in [2.45, 2.75) is 6.54 Å². The summed E-state index contributed by atoms with van der Waals surface area (Å²) in [5.41, 5.74) is 1.37. The van der Waals surface area contributed by atoms with Crippen LogP contribution in [-0.2, 0) is 13.6 Å². The Kier molecular flexibility index (Phi) is 3.54. The Morgan fingerprint density at radius 1 is 1.35 bits per heavy atom. The second kappa shape index (κ2) is 4.94. The Morgan fingerprint density at radius 3 is 2.53 bits per heavy atom. The standard InChI is InChI=1S/C11H10Cl2FN3/c1-17-3-2-8(16-17)6-15-11-9(12)4-7(14)5-10(11)13/h2-5,15H,6H2,1H3. The quantitative estimate of drug-likeness (QED) is 0.928. The molecule has 0 unspecified atom stereocenters. The van der Waals surface area contributed by atoms with Crippen molar-refractivity contribution < 1.29 is 4.39 Å². The van der Waals surface area contributed by atoms with Crippen LogP contribution in [0.2, 0.25) is 10.0 Å². The Morgan fingerprint density at radius 2 is 2.00 bits per heavy atom. The highest BCUT2D eigenvalue weighted by atomic mass is 35.5. The highest BCUT2D eigenvalue weighted by Crippen LogP contribution is 2.31. The molecule has 17 heavy (non-hydrogen) atoms. The first-order valence-corrected chi connectivity index (χ1v) is 5.69. The van der Waals surface area contributed by atoms with Crippen LogP contribution < -0.4 is 5.32 Å². The molecule has 1 heterocycles. The molecule has 0 amide bonds. The molecule has 0 atom stereocenters. The van der Waals surface area contributed by atoms with Crippen molar-refractivity contribution in [2.75, 3.05) is 5.32 Å². The third-order valence-electron chi connectivity index (χ3n) is 2.22. The minimum absolute atomic E-state index is 0.255. The Labute approximate surface area is 108 Å². The van der Waals surface area contributed by atoms with E-state index in [-0.39, 0.29) is 10.0 Å². The van der Waals surface area contributed by atoms with E-state index in [9.17, 15) is 4.39 Å². The van der Waals surface area contributed by atoms with Gasteiger partial charge in [-0.1, -0.05) is 23.2 Å². The molecule has 2 rings (SSSR count). The highest BCUT2D eigenvalue weighted by Gasteiger charge is 2.08. The van der Waals surface area contributed by atoms with E-state index in [1.807, 2.05) is 19.3 Å². The van der Waals surface area contributed by atoms with E-state index < -0.39 is 5.82 Å². The number of rotatable bonds is 3. The van der Waals surface area contributed by atoms with E-state index in [0.29, 0.717) is 12.2 Å². The highest BCUT2D eigenvalue weighted by molar-refractivity contribution is 6.39. The first-order valence-electron chi connectivity index (χ1n) is 4.93. The molecule has 1 N–H and O–H groups in total. The second-order valence-corrected chi connectivity index (χ2v) is 4.39. The van der Waals surface area contributed by atoms with Gasteiger partial charge in [0.05, 0.1) is 28.0 Å². The van der Waals surface area contributed by atoms with Gasteiger partial charge in [0.2, 0.25) is 0 Å². The lowest BCUT2D eigenvalue weighted by Crippen LogP contribution is -2.02. The summed E-state index contributed by atoms with van der Waals surface area (Å²) in [6.45, 7) is 0.478. The number of anilines is 1. The zero-order chi connectivity index (χ0) is 12.4. The van der Waals surface area contributed by atoms with Gasteiger partial charge in [-0.25, -0.2) is 4.39 Å². The van der Waals surface area contributed by atoms with Crippen molar-refractivity contribution >= 4 is 28.9 Å². The fourth-order valence-corrected chi connectivity index (χ4v) is 2.04. The fraction of sp³-hybridized carbons (Fsp3) is 0.182. The largest absolute Gasteiger partial charge is 0.377 e. The third kappa shape index (κ3) is 2.90. The third-order valence-corrected chi connectivity index (χ3v) is 2.82. The molecule has 90 valence electrons. The van der Waals surface area contributed by atoms with E-state index in [0.717, 1.165) is 5.69 Å². The Bertz CT molecular complexity index is 516. The zero-order valence-corrected chi connectivity index (χ0v) is 10.6. The molecule has 0 aliphatic rings. The van der Waals surface area contributed by atoms with Crippen LogP contribution in [0.3, 0.4) is 0 Å². The number of hydrogen-bond acceptors (Lipinski definition) is 2. The van der Waals surface area contributed by atoms with Crippen LogP contribution >= 0.6 is 23.2 Å². The van der Waals surface area contributed by atoms with Crippen molar-refractivity contribution in [3.63, 3.8) is 0 Å². The summed E-state index contributed by atoms with van der Waals surface area (Å²) in [6.07, 6.45) is 1.84. The maximum absolute atomic E-state index is 13.0. The molecule has 0 radical (unpaired) electrons. The summed E-state index contributed by atoms with van der Waals surface area (Å²) in [6, 6.07) is 4.31. The molecule has 1 aromatic carbocycles. The second-order valence-electron chi connectivity index (χ2n) is 3.58. The van der Waals surface area contributed by atoms with Gasteiger partial charge in [0.15, 0.2) is 0 Å². The van der Waals surface area contributed by atoms with Gasteiger partial charge < -0.3 is 5.32 Å². The molecule has 0 saturated carbocycles. The monoisotopic (exact) mass is 273 g/mol. The molecule has 6 heteroatoms. The first-order chi connectivity index (χ1) is 8.06. The van der Waals surface area contributed by atoms with Crippen LogP contribution in [0.4, 0.5) is 10.1 Å². The summed E-state index contributed by atoms with van der Waals surface area (Å²) in [4.78, 5) is 0. The lowest BCUT2D eigenvalue weighted by molar-refractivity contribution is 0.628. The molecule has 0 bridgehead atoms. The van der Waals surface area contributed by atoms with E-state index >= 15 is 0 Å². The minimum Gasteiger partial charge on any atom is -0.377 e. The SMILES string of the molecule is Cn1ccc(CNc2c(Cl)cc(F)cc2Cl)n1. The molecule has 0 aliphatic carbocycles. The van der Waals surface area contributed by atoms with Gasteiger partial charge in [0.1, 0.15) is 5.82 Å². The van der Waals surface area contributed by atoms with Gasteiger partial charge in [-0.3, -0.25) is 4.68 Å². The van der Waals surface area contributed by atoms with Crippen molar-refractivity contribution in [3.8, 4) is 0 Å². The van der Waals surface area contributed by atoms with Gasteiger partial charge in [-0.05, 0) is 18.2 Å². The molecule has 3 nitrogen and oxygen atoms in total. The van der Waals surface area contributed by atoms with E-state index in [2.05, 4.69) is 10.4 Å². The van der Waals surface area contributed by atoms with Gasteiger partial charge in [0, 0.05) is 13.2 Å². The maximum atomic E-state index is 13.0. The number of aryl methyl sites for hydroxylation is 1. The summed E-state index contributed by atoms with van der Waals surface area (Å²) in [5, 5.41) is 7.74. The fourth-order valence-electron chi connectivity index (χ4n) is 1.45. The predicted octanol–water partition coefficient (Wildman–Crippen LogP) is 3.48. The predicted molar refractivity (Wildman–Crippen MR) is 67.0 cm³/mol. The summed E-state index contributed by atoms with van der Waals surface area (Å²) in [5.74, 6) is -0.455. The van der Waals surface area contributed by atoms with Crippen LogP contribution in [-0.4, -0.2) is 9.78 Å². The van der Waals surface area contributed by atoms with Gasteiger partial charge in [0.25, 0.3) is 0 Å².